The molecule has 0 aromatic heterocycles. The van der Waals surface area contributed by atoms with Crippen molar-refractivity contribution in [2.75, 3.05) is 13.1 Å². The number of rotatable bonds is 4. The van der Waals surface area contributed by atoms with Crippen LogP contribution in [0.25, 0.3) is 0 Å². The van der Waals surface area contributed by atoms with Crippen molar-refractivity contribution in [2.45, 2.75) is 57.5 Å². The van der Waals surface area contributed by atoms with Crippen molar-refractivity contribution in [3.63, 3.8) is 0 Å². The van der Waals surface area contributed by atoms with Gasteiger partial charge in [0.25, 0.3) is 0 Å². The van der Waals surface area contributed by atoms with Crippen LogP contribution in [0.15, 0.2) is 18.2 Å². The fraction of sp³-hybridized carbons (Fsp3) is 0.647. The first-order valence-electron chi connectivity index (χ1n) is 7.86. The summed E-state index contributed by atoms with van der Waals surface area (Å²) < 4.78 is 27.1. The third kappa shape index (κ3) is 4.01. The van der Waals surface area contributed by atoms with Crippen molar-refractivity contribution in [1.29, 1.82) is 0 Å². The lowest BCUT2D eigenvalue weighted by atomic mass is 9.87. The molecule has 0 radical (unpaired) electrons. The Balaban J connectivity index is 2.09. The minimum Gasteiger partial charge on any atom is -0.326 e. The summed E-state index contributed by atoms with van der Waals surface area (Å²) in [5.74, 6) is -0.787. The molecular weight excluding hydrogens is 270 g/mol. The van der Waals surface area contributed by atoms with Crippen LogP contribution in [0.3, 0.4) is 0 Å². The molecule has 1 heterocycles. The van der Waals surface area contributed by atoms with E-state index in [9.17, 15) is 8.78 Å². The molecule has 2 rings (SSSR count). The molecule has 0 saturated carbocycles. The van der Waals surface area contributed by atoms with Crippen LogP contribution in [0, 0.1) is 11.6 Å². The Morgan fingerprint density at radius 3 is 2.38 bits per heavy atom. The standard InChI is InChI=1S/C17H26F2N2/c1-17(2,21-9-5-3-4-6-10-21)16(20)12-13-11-14(18)7-8-15(13)19/h7-8,11,16H,3-6,9-10,12,20H2,1-2H3. The zero-order valence-electron chi connectivity index (χ0n) is 13.0. The first kappa shape index (κ1) is 16.4. The number of nitrogens with two attached hydrogens (primary N) is 1. The SMILES string of the molecule is CC(C)(C(N)Cc1cc(F)ccc1F)N1CCCCCC1. The fourth-order valence-corrected chi connectivity index (χ4v) is 3.07. The van der Waals surface area contributed by atoms with E-state index in [2.05, 4.69) is 18.7 Å². The highest BCUT2D eigenvalue weighted by atomic mass is 19.1. The third-order valence-corrected chi connectivity index (χ3v) is 4.78. The predicted molar refractivity (Wildman–Crippen MR) is 82.2 cm³/mol. The van der Waals surface area contributed by atoms with E-state index in [1.807, 2.05) is 0 Å². The Labute approximate surface area is 126 Å². The summed E-state index contributed by atoms with van der Waals surface area (Å²) in [4.78, 5) is 2.40. The van der Waals surface area contributed by atoms with Gasteiger partial charge in [0.1, 0.15) is 11.6 Å². The number of nitrogens with zero attached hydrogens (tertiary/aromatic N) is 1. The van der Waals surface area contributed by atoms with Gasteiger partial charge in [-0.25, -0.2) is 8.78 Å². The maximum atomic E-state index is 13.8. The van der Waals surface area contributed by atoms with Gasteiger partial charge in [0.2, 0.25) is 0 Å². The maximum absolute atomic E-state index is 13.8. The maximum Gasteiger partial charge on any atom is 0.126 e. The molecule has 118 valence electrons. The molecule has 0 amide bonds. The van der Waals surface area contributed by atoms with Gasteiger partial charge in [-0.2, -0.15) is 0 Å². The topological polar surface area (TPSA) is 29.3 Å². The zero-order chi connectivity index (χ0) is 15.5. The average molecular weight is 296 g/mol. The van der Waals surface area contributed by atoms with Crippen LogP contribution in [-0.4, -0.2) is 29.6 Å². The van der Waals surface area contributed by atoms with Gasteiger partial charge in [-0.05, 0) is 70.0 Å². The summed E-state index contributed by atoms with van der Waals surface area (Å²) in [5, 5.41) is 0. The third-order valence-electron chi connectivity index (χ3n) is 4.78. The molecule has 2 nitrogen and oxygen atoms in total. The average Bonchev–Trinajstić information content (AvgIpc) is 2.72. The van der Waals surface area contributed by atoms with Crippen LogP contribution in [0.2, 0.25) is 0 Å². The number of benzene rings is 1. The van der Waals surface area contributed by atoms with Crippen LogP contribution >= 0.6 is 0 Å². The monoisotopic (exact) mass is 296 g/mol. The molecule has 1 unspecified atom stereocenters. The van der Waals surface area contributed by atoms with Crippen molar-refractivity contribution in [2.24, 2.45) is 5.73 Å². The first-order valence-corrected chi connectivity index (χ1v) is 7.86. The molecule has 2 N–H and O–H groups in total. The molecule has 0 bridgehead atoms. The zero-order valence-corrected chi connectivity index (χ0v) is 13.0. The summed E-state index contributed by atoms with van der Waals surface area (Å²) in [7, 11) is 0. The van der Waals surface area contributed by atoms with Crippen molar-refractivity contribution in [1.82, 2.24) is 4.90 Å². The minimum absolute atomic E-state index is 0.219. The largest absolute Gasteiger partial charge is 0.326 e. The quantitative estimate of drug-likeness (QED) is 0.921. The Hall–Kier alpha value is -1.00. The number of likely N-dealkylation sites (tertiary alicyclic amines) is 1. The summed E-state index contributed by atoms with van der Waals surface area (Å²) >= 11 is 0. The van der Waals surface area contributed by atoms with E-state index < -0.39 is 5.82 Å². The van der Waals surface area contributed by atoms with Gasteiger partial charge in [0, 0.05) is 11.6 Å². The lowest BCUT2D eigenvalue weighted by Crippen LogP contribution is -2.57. The molecule has 1 aliphatic rings. The van der Waals surface area contributed by atoms with Gasteiger partial charge in [-0.15, -0.1) is 0 Å². The van der Waals surface area contributed by atoms with Gasteiger partial charge >= 0.3 is 0 Å². The molecule has 4 heteroatoms. The molecule has 0 spiro atoms. The van der Waals surface area contributed by atoms with E-state index >= 15 is 0 Å². The Morgan fingerprint density at radius 2 is 1.76 bits per heavy atom. The lowest BCUT2D eigenvalue weighted by Gasteiger charge is -2.42. The van der Waals surface area contributed by atoms with E-state index in [0.29, 0.717) is 12.0 Å². The molecule has 1 fully saturated rings. The van der Waals surface area contributed by atoms with E-state index in [4.69, 9.17) is 5.73 Å². The molecule has 1 saturated heterocycles. The summed E-state index contributed by atoms with van der Waals surface area (Å²) in [6.45, 7) is 6.29. The summed E-state index contributed by atoms with van der Waals surface area (Å²) in [5.41, 5.74) is 6.50. The van der Waals surface area contributed by atoms with Crippen molar-refractivity contribution < 1.29 is 8.78 Å². The highest BCUT2D eigenvalue weighted by molar-refractivity contribution is 5.20. The van der Waals surface area contributed by atoms with Crippen molar-refractivity contribution >= 4 is 0 Å². The number of hydrogen-bond acceptors (Lipinski definition) is 2. The van der Waals surface area contributed by atoms with Gasteiger partial charge in [-0.1, -0.05) is 12.8 Å². The van der Waals surface area contributed by atoms with Gasteiger partial charge in [0.15, 0.2) is 0 Å². The molecule has 0 aliphatic carbocycles. The second-order valence-corrected chi connectivity index (χ2v) is 6.60. The second kappa shape index (κ2) is 6.84. The van der Waals surface area contributed by atoms with Crippen LogP contribution < -0.4 is 5.73 Å². The Morgan fingerprint density at radius 1 is 1.14 bits per heavy atom. The van der Waals surface area contributed by atoms with Crippen LogP contribution in [0.1, 0.15) is 45.1 Å². The van der Waals surface area contributed by atoms with E-state index in [1.165, 1.54) is 37.8 Å². The smallest absolute Gasteiger partial charge is 0.126 e. The van der Waals surface area contributed by atoms with E-state index in [0.717, 1.165) is 19.2 Å². The van der Waals surface area contributed by atoms with Crippen LogP contribution in [-0.2, 0) is 6.42 Å². The Kier molecular flexibility index (Phi) is 5.33. The van der Waals surface area contributed by atoms with E-state index in [-0.39, 0.29) is 17.4 Å². The van der Waals surface area contributed by atoms with Crippen LogP contribution in [0.5, 0.6) is 0 Å². The lowest BCUT2D eigenvalue weighted by molar-refractivity contribution is 0.0976. The van der Waals surface area contributed by atoms with Gasteiger partial charge in [0.05, 0.1) is 0 Å². The summed E-state index contributed by atoms with van der Waals surface area (Å²) in [6.07, 6.45) is 5.25. The molecule has 1 atom stereocenters. The van der Waals surface area contributed by atoms with Crippen molar-refractivity contribution in [3.05, 3.63) is 35.4 Å². The molecule has 21 heavy (non-hydrogen) atoms. The number of hydrogen-bond donors (Lipinski definition) is 1. The van der Waals surface area contributed by atoms with Gasteiger partial charge in [-0.3, -0.25) is 4.90 Å². The molecule has 1 aromatic carbocycles. The van der Waals surface area contributed by atoms with Crippen LogP contribution in [0.4, 0.5) is 8.78 Å². The molecular formula is C17H26F2N2. The minimum atomic E-state index is -0.411. The van der Waals surface area contributed by atoms with Crippen molar-refractivity contribution in [3.8, 4) is 0 Å². The highest BCUT2D eigenvalue weighted by Gasteiger charge is 2.33. The first-order chi connectivity index (χ1) is 9.91. The number of halogens is 2. The fourth-order valence-electron chi connectivity index (χ4n) is 3.07. The Bertz CT molecular complexity index is 466. The second-order valence-electron chi connectivity index (χ2n) is 6.60. The molecule has 1 aliphatic heterocycles. The predicted octanol–water partition coefficient (Wildman–Crippen LogP) is 3.49. The van der Waals surface area contributed by atoms with Gasteiger partial charge < -0.3 is 5.73 Å². The normalized spacial score (nSPS) is 19.3. The molecule has 1 aromatic rings. The van der Waals surface area contributed by atoms with E-state index in [1.54, 1.807) is 0 Å². The highest BCUT2D eigenvalue weighted by Crippen LogP contribution is 2.25. The summed E-state index contributed by atoms with van der Waals surface area (Å²) in [6, 6.07) is 3.35.